The van der Waals surface area contributed by atoms with Crippen molar-refractivity contribution >= 4 is 39.6 Å². The number of rotatable bonds is 8. The topological polar surface area (TPSA) is 106 Å². The molecule has 1 unspecified atom stereocenters. The summed E-state index contributed by atoms with van der Waals surface area (Å²) in [7, 11) is -0.715. The number of amides is 1. The molecule has 0 spiro atoms. The maximum absolute atomic E-state index is 13.2. The highest BCUT2D eigenvalue weighted by Gasteiger charge is 2.23. The Morgan fingerprint density at radius 2 is 2.11 bits per heavy atom. The van der Waals surface area contributed by atoms with Gasteiger partial charge in [0.05, 0.1) is 30.2 Å². The molecular formula is C24H26ClN5O4S. The van der Waals surface area contributed by atoms with E-state index in [9.17, 15) is 13.2 Å². The molecule has 0 saturated carbocycles. The minimum Gasteiger partial charge on any atom is -0.379 e. The average Bonchev–Trinajstić information content (AvgIpc) is 3.51. The van der Waals surface area contributed by atoms with Crippen molar-refractivity contribution in [3.8, 4) is 11.1 Å². The number of nitrogens with zero attached hydrogens (tertiary/aromatic N) is 4. The fourth-order valence-electron chi connectivity index (χ4n) is 3.69. The van der Waals surface area contributed by atoms with Gasteiger partial charge in [0.2, 0.25) is 5.91 Å². The summed E-state index contributed by atoms with van der Waals surface area (Å²) in [4.78, 5) is 14.1. The van der Waals surface area contributed by atoms with Crippen molar-refractivity contribution in [1.29, 1.82) is 0 Å². The number of hydrogen-bond acceptors (Lipinski definition) is 5. The molecule has 35 heavy (non-hydrogen) atoms. The summed E-state index contributed by atoms with van der Waals surface area (Å²) in [6.45, 7) is 1.23. The second-order valence-corrected chi connectivity index (χ2v) is 10.4. The Morgan fingerprint density at radius 3 is 2.83 bits per heavy atom. The SMILES string of the molecule is CN(C)C=NS(=O)(=O)c1cc(NC(=O)Cc2ccccc2Cl)ccc1-c1cnn(C2CCOC2)c1. The van der Waals surface area contributed by atoms with Crippen molar-refractivity contribution < 1.29 is 17.9 Å². The van der Waals surface area contributed by atoms with Gasteiger partial charge in [-0.1, -0.05) is 35.9 Å². The molecule has 1 aliphatic heterocycles. The highest BCUT2D eigenvalue weighted by Crippen LogP contribution is 2.32. The molecule has 2 heterocycles. The van der Waals surface area contributed by atoms with Crippen molar-refractivity contribution in [1.82, 2.24) is 14.7 Å². The van der Waals surface area contributed by atoms with Crippen LogP contribution in [0.5, 0.6) is 0 Å². The lowest BCUT2D eigenvalue weighted by molar-refractivity contribution is -0.115. The predicted molar refractivity (Wildman–Crippen MR) is 135 cm³/mol. The van der Waals surface area contributed by atoms with E-state index >= 15 is 0 Å². The zero-order valence-corrected chi connectivity index (χ0v) is 21.0. The number of hydrogen-bond donors (Lipinski definition) is 1. The summed E-state index contributed by atoms with van der Waals surface area (Å²) in [5.41, 5.74) is 2.08. The third-order valence-corrected chi connectivity index (χ3v) is 7.10. The van der Waals surface area contributed by atoms with Crippen molar-refractivity contribution in [2.45, 2.75) is 23.8 Å². The summed E-state index contributed by atoms with van der Waals surface area (Å²) >= 11 is 6.16. The molecular weight excluding hydrogens is 490 g/mol. The zero-order chi connectivity index (χ0) is 25.0. The molecule has 1 saturated heterocycles. The first kappa shape index (κ1) is 24.9. The van der Waals surface area contributed by atoms with Gasteiger partial charge in [0.1, 0.15) is 6.34 Å². The smallest absolute Gasteiger partial charge is 0.284 e. The van der Waals surface area contributed by atoms with Crippen LogP contribution in [0.1, 0.15) is 18.0 Å². The summed E-state index contributed by atoms with van der Waals surface area (Å²) in [6.07, 6.45) is 5.55. The van der Waals surface area contributed by atoms with Crippen molar-refractivity contribution in [3.63, 3.8) is 0 Å². The van der Waals surface area contributed by atoms with Crippen molar-refractivity contribution in [2.24, 2.45) is 4.40 Å². The molecule has 11 heteroatoms. The Hall–Kier alpha value is -3.21. The number of sulfonamides is 1. The van der Waals surface area contributed by atoms with E-state index in [2.05, 4.69) is 14.8 Å². The van der Waals surface area contributed by atoms with E-state index in [1.54, 1.807) is 67.6 Å². The number of anilines is 1. The van der Waals surface area contributed by atoms with Crippen LogP contribution in [0, 0.1) is 0 Å². The molecule has 1 amide bonds. The number of nitrogens with one attached hydrogen (secondary N) is 1. The van der Waals surface area contributed by atoms with E-state index in [4.69, 9.17) is 16.3 Å². The zero-order valence-electron chi connectivity index (χ0n) is 19.4. The molecule has 1 aliphatic rings. The average molecular weight is 516 g/mol. The van der Waals surface area contributed by atoms with Crippen LogP contribution in [-0.4, -0.2) is 62.7 Å². The van der Waals surface area contributed by atoms with E-state index in [1.807, 2.05) is 0 Å². The van der Waals surface area contributed by atoms with E-state index in [1.165, 1.54) is 17.3 Å². The summed E-state index contributed by atoms with van der Waals surface area (Å²) in [5, 5.41) is 7.66. The minimum absolute atomic E-state index is 0.0339. The summed E-state index contributed by atoms with van der Waals surface area (Å²) in [6, 6.07) is 11.9. The van der Waals surface area contributed by atoms with Crippen LogP contribution < -0.4 is 5.32 Å². The van der Waals surface area contributed by atoms with Gasteiger partial charge in [-0.05, 0) is 30.2 Å². The fourth-order valence-corrected chi connectivity index (χ4v) is 5.06. The van der Waals surface area contributed by atoms with Crippen LogP contribution in [0.2, 0.25) is 5.02 Å². The van der Waals surface area contributed by atoms with Gasteiger partial charge in [0.25, 0.3) is 10.0 Å². The first-order valence-corrected chi connectivity index (χ1v) is 12.8. The first-order valence-electron chi connectivity index (χ1n) is 11.0. The van der Waals surface area contributed by atoms with Gasteiger partial charge >= 0.3 is 0 Å². The Balaban J connectivity index is 1.66. The molecule has 3 aromatic rings. The van der Waals surface area contributed by atoms with Gasteiger partial charge in [0, 0.05) is 48.7 Å². The molecule has 0 radical (unpaired) electrons. The lowest BCUT2D eigenvalue weighted by Gasteiger charge is -2.12. The lowest BCUT2D eigenvalue weighted by Crippen LogP contribution is -2.15. The molecule has 1 N–H and O–H groups in total. The van der Waals surface area contributed by atoms with Crippen LogP contribution in [0.4, 0.5) is 5.69 Å². The quantitative estimate of drug-likeness (QED) is 0.363. The number of aromatic nitrogens is 2. The third-order valence-electron chi connectivity index (χ3n) is 5.46. The van der Waals surface area contributed by atoms with E-state index in [0.29, 0.717) is 40.6 Å². The molecule has 2 aromatic carbocycles. The molecule has 1 atom stereocenters. The van der Waals surface area contributed by atoms with E-state index < -0.39 is 10.0 Å². The van der Waals surface area contributed by atoms with Gasteiger partial charge in [-0.2, -0.15) is 13.5 Å². The van der Waals surface area contributed by atoms with Crippen LogP contribution >= 0.6 is 11.6 Å². The number of benzene rings is 2. The second kappa shape index (κ2) is 10.6. The monoisotopic (exact) mass is 515 g/mol. The van der Waals surface area contributed by atoms with Crippen molar-refractivity contribution in [3.05, 3.63) is 65.4 Å². The standard InChI is InChI=1S/C24H26ClN5O4S/c1-29(2)16-27-35(32,33)23-12-19(28-24(31)11-17-5-3-4-6-22(17)25)7-8-21(23)18-13-26-30(14-18)20-9-10-34-15-20/h3-8,12-14,16,20H,9-11,15H2,1-2H3,(H,28,31). The van der Waals surface area contributed by atoms with Crippen LogP contribution in [0.3, 0.4) is 0 Å². The second-order valence-electron chi connectivity index (χ2n) is 8.41. The number of carbonyl (C=O) groups is 1. The third kappa shape index (κ3) is 6.08. The summed E-state index contributed by atoms with van der Waals surface area (Å²) < 4.78 is 37.3. The highest BCUT2D eigenvalue weighted by molar-refractivity contribution is 7.90. The minimum atomic E-state index is -4.07. The Bertz CT molecular complexity index is 1350. The summed E-state index contributed by atoms with van der Waals surface area (Å²) in [5.74, 6) is -0.319. The lowest BCUT2D eigenvalue weighted by atomic mass is 10.1. The van der Waals surface area contributed by atoms with Crippen LogP contribution in [0.15, 0.2) is 64.2 Å². The van der Waals surface area contributed by atoms with Gasteiger partial charge in [-0.15, -0.1) is 4.40 Å². The van der Waals surface area contributed by atoms with Crippen molar-refractivity contribution in [2.75, 3.05) is 32.6 Å². The Kier molecular flexibility index (Phi) is 7.54. The van der Waals surface area contributed by atoms with E-state index in [-0.39, 0.29) is 23.3 Å². The molecule has 1 aromatic heterocycles. The molecule has 4 rings (SSSR count). The Labute approximate surface area is 209 Å². The maximum atomic E-state index is 13.2. The first-order chi connectivity index (χ1) is 16.7. The largest absolute Gasteiger partial charge is 0.379 e. The molecule has 0 aliphatic carbocycles. The highest BCUT2D eigenvalue weighted by atomic mass is 35.5. The van der Waals surface area contributed by atoms with Gasteiger partial charge in [-0.25, -0.2) is 0 Å². The predicted octanol–water partition coefficient (Wildman–Crippen LogP) is 3.62. The van der Waals surface area contributed by atoms with Crippen LogP contribution in [-0.2, 0) is 26.0 Å². The van der Waals surface area contributed by atoms with Gasteiger partial charge in [-0.3, -0.25) is 9.48 Å². The fraction of sp³-hybridized carbons (Fsp3) is 0.292. The normalized spacial score (nSPS) is 16.0. The number of carbonyl (C=O) groups excluding carboxylic acids is 1. The van der Waals surface area contributed by atoms with Gasteiger partial charge in [0.15, 0.2) is 0 Å². The van der Waals surface area contributed by atoms with Crippen LogP contribution in [0.25, 0.3) is 11.1 Å². The van der Waals surface area contributed by atoms with Gasteiger partial charge < -0.3 is 15.0 Å². The molecule has 184 valence electrons. The molecule has 0 bridgehead atoms. The molecule has 9 nitrogen and oxygen atoms in total. The maximum Gasteiger partial charge on any atom is 0.284 e. The number of halogens is 1. The van der Waals surface area contributed by atoms with E-state index in [0.717, 1.165) is 6.42 Å². The molecule has 1 fully saturated rings. The Morgan fingerprint density at radius 1 is 1.31 bits per heavy atom. The number of ether oxygens (including phenoxy) is 1.